The van der Waals surface area contributed by atoms with Crippen LogP contribution in [0.15, 0.2) is 85.0 Å². The molecule has 0 amide bonds. The zero-order valence-corrected chi connectivity index (χ0v) is 30.7. The summed E-state index contributed by atoms with van der Waals surface area (Å²) >= 11 is 0. The Hall–Kier alpha value is -2.18. The van der Waals surface area contributed by atoms with Crippen molar-refractivity contribution in [1.29, 1.82) is 0 Å². The standard InChI is InChI=1S/C35H37.C5H5.2ClH.Zr/c1-22-9-13-24(14-10-22)30-18-26-17-27-19-31(25-15-11-23(2)12-16-25)33(35(6,7)8)21-29(27)28(26)20-32(30)34(3,4)5;1-2-4-5-3-1;;;/h9-16,18,20-21H,17H2,1-8H3;1-3H,4H2;2*1H;/q2*-1;;;+4/p-2. The van der Waals surface area contributed by atoms with Gasteiger partial charge in [-0.05, 0) is 53.4 Å². The van der Waals surface area contributed by atoms with Gasteiger partial charge in [0.25, 0.3) is 0 Å². The van der Waals surface area contributed by atoms with E-state index < -0.39 is 0 Å². The minimum absolute atomic E-state index is 0. The van der Waals surface area contributed by atoms with Crippen LogP contribution >= 0.6 is 0 Å². The monoisotopic (exact) mass is 682 g/mol. The molecule has 0 fully saturated rings. The van der Waals surface area contributed by atoms with E-state index in [0.29, 0.717) is 0 Å². The van der Waals surface area contributed by atoms with E-state index in [1.807, 2.05) is 12.2 Å². The Kier molecular flexibility index (Phi) is 12.7. The Labute approximate surface area is 292 Å². The summed E-state index contributed by atoms with van der Waals surface area (Å²) in [6.45, 7) is 18.2. The Morgan fingerprint density at radius 3 is 1.63 bits per heavy atom. The van der Waals surface area contributed by atoms with Crippen molar-refractivity contribution in [3.63, 3.8) is 0 Å². The molecule has 0 atom stereocenters. The van der Waals surface area contributed by atoms with Crippen molar-refractivity contribution in [2.75, 3.05) is 0 Å². The molecule has 0 aliphatic heterocycles. The minimum atomic E-state index is 0. The molecule has 0 nitrogen and oxygen atoms in total. The molecule has 2 aliphatic carbocycles. The Morgan fingerprint density at radius 1 is 0.628 bits per heavy atom. The number of allylic oxidation sites excluding steroid dienone is 4. The van der Waals surface area contributed by atoms with Gasteiger partial charge >= 0.3 is 26.2 Å². The van der Waals surface area contributed by atoms with E-state index in [1.165, 1.54) is 66.8 Å². The second kappa shape index (κ2) is 14.7. The summed E-state index contributed by atoms with van der Waals surface area (Å²) in [5, 5.41) is 0. The van der Waals surface area contributed by atoms with Crippen LogP contribution in [0.4, 0.5) is 0 Å². The molecule has 220 valence electrons. The summed E-state index contributed by atoms with van der Waals surface area (Å²) in [6.07, 6.45) is 10.9. The zero-order valence-electron chi connectivity index (χ0n) is 26.8. The molecule has 2 aliphatic rings. The van der Waals surface area contributed by atoms with Crippen LogP contribution in [0.2, 0.25) is 0 Å². The molecule has 0 spiro atoms. The van der Waals surface area contributed by atoms with Crippen molar-refractivity contribution in [2.24, 2.45) is 0 Å². The van der Waals surface area contributed by atoms with Crippen LogP contribution in [0.25, 0.3) is 33.4 Å². The van der Waals surface area contributed by atoms with Gasteiger partial charge < -0.3 is 24.8 Å². The molecule has 0 aromatic heterocycles. The summed E-state index contributed by atoms with van der Waals surface area (Å²) < 4.78 is 0. The van der Waals surface area contributed by atoms with Gasteiger partial charge in [-0.2, -0.15) is 6.08 Å². The second-order valence-electron chi connectivity index (χ2n) is 13.4. The largest absolute Gasteiger partial charge is 4.00 e. The third-order valence-electron chi connectivity index (χ3n) is 7.96. The van der Waals surface area contributed by atoms with Crippen LogP contribution in [0.3, 0.4) is 0 Å². The van der Waals surface area contributed by atoms with Crippen LogP contribution < -0.4 is 24.8 Å². The van der Waals surface area contributed by atoms with Gasteiger partial charge in [0, 0.05) is 0 Å². The van der Waals surface area contributed by atoms with E-state index in [2.05, 4.69) is 140 Å². The summed E-state index contributed by atoms with van der Waals surface area (Å²) in [7, 11) is 0. The van der Waals surface area contributed by atoms with Gasteiger partial charge in [0.15, 0.2) is 0 Å². The fourth-order valence-electron chi connectivity index (χ4n) is 5.67. The maximum Gasteiger partial charge on any atom is 4.00 e. The van der Waals surface area contributed by atoms with Crippen LogP contribution in [0.1, 0.15) is 81.3 Å². The fraction of sp³-hybridized carbons (Fsp3) is 0.300. The molecule has 4 aromatic carbocycles. The molecule has 6 rings (SSSR count). The fourth-order valence-corrected chi connectivity index (χ4v) is 5.67. The first-order valence-corrected chi connectivity index (χ1v) is 14.5. The van der Waals surface area contributed by atoms with E-state index in [0.717, 1.165) is 12.8 Å². The molecule has 0 saturated carbocycles. The molecule has 4 aromatic rings. The van der Waals surface area contributed by atoms with Gasteiger partial charge in [-0.1, -0.05) is 130 Å². The van der Waals surface area contributed by atoms with Gasteiger partial charge in [-0.15, -0.1) is 35.2 Å². The molecule has 0 heterocycles. The molecule has 0 unspecified atom stereocenters. The predicted octanol–water partition coefficient (Wildman–Crippen LogP) is 4.92. The van der Waals surface area contributed by atoms with Crippen molar-refractivity contribution >= 4 is 0 Å². The molecule has 0 bridgehead atoms. The maximum absolute atomic E-state index is 3.91. The first-order chi connectivity index (χ1) is 18.9. The molecular formula is C40H42Cl2Zr. The number of halogens is 2. The molecule has 0 saturated heterocycles. The smallest absolute Gasteiger partial charge is 1.00 e. The van der Waals surface area contributed by atoms with E-state index in [4.69, 9.17) is 0 Å². The summed E-state index contributed by atoms with van der Waals surface area (Å²) in [4.78, 5) is 0. The molecular weight excluding hydrogens is 643 g/mol. The molecule has 43 heavy (non-hydrogen) atoms. The Morgan fingerprint density at radius 2 is 1.16 bits per heavy atom. The Bertz CT molecular complexity index is 1470. The number of benzene rings is 4. The number of fused-ring (bicyclic) bond motifs is 3. The summed E-state index contributed by atoms with van der Waals surface area (Å²) in [5.74, 6) is 0. The van der Waals surface area contributed by atoms with Crippen LogP contribution in [0, 0.1) is 26.0 Å². The van der Waals surface area contributed by atoms with Crippen LogP contribution in [0.5, 0.6) is 0 Å². The van der Waals surface area contributed by atoms with E-state index in [1.54, 1.807) is 0 Å². The minimum Gasteiger partial charge on any atom is -1.00 e. The number of hydrogen-bond donors (Lipinski definition) is 0. The molecule has 3 heteroatoms. The van der Waals surface area contributed by atoms with E-state index in [9.17, 15) is 0 Å². The van der Waals surface area contributed by atoms with Crippen molar-refractivity contribution in [1.82, 2.24) is 0 Å². The number of rotatable bonds is 2. The number of aryl methyl sites for hydroxylation is 2. The van der Waals surface area contributed by atoms with Gasteiger partial charge in [-0.25, -0.2) is 12.2 Å². The van der Waals surface area contributed by atoms with Crippen molar-refractivity contribution in [2.45, 2.75) is 79.1 Å². The second-order valence-corrected chi connectivity index (χ2v) is 13.4. The third kappa shape index (κ3) is 8.31. The van der Waals surface area contributed by atoms with Gasteiger partial charge in [-0.3, -0.25) is 6.08 Å². The van der Waals surface area contributed by atoms with Crippen molar-refractivity contribution in [3.8, 4) is 33.4 Å². The van der Waals surface area contributed by atoms with E-state index in [-0.39, 0.29) is 61.8 Å². The topological polar surface area (TPSA) is 0 Å². The van der Waals surface area contributed by atoms with Crippen LogP contribution in [-0.4, -0.2) is 0 Å². The average Bonchev–Trinajstić information content (AvgIpc) is 3.58. The molecule has 0 radical (unpaired) electrons. The first-order valence-electron chi connectivity index (χ1n) is 14.5. The Balaban J connectivity index is 0.000000734. The van der Waals surface area contributed by atoms with Crippen molar-refractivity contribution < 1.29 is 51.0 Å². The predicted molar refractivity (Wildman–Crippen MR) is 173 cm³/mol. The van der Waals surface area contributed by atoms with E-state index >= 15 is 0 Å². The maximum atomic E-state index is 3.91. The normalized spacial score (nSPS) is 12.7. The van der Waals surface area contributed by atoms with Crippen LogP contribution in [-0.2, 0) is 43.5 Å². The van der Waals surface area contributed by atoms with Gasteiger partial charge in [0.2, 0.25) is 0 Å². The van der Waals surface area contributed by atoms with Gasteiger partial charge in [0.05, 0.1) is 0 Å². The zero-order chi connectivity index (χ0) is 28.7. The molecule has 0 N–H and O–H groups in total. The van der Waals surface area contributed by atoms with Gasteiger partial charge in [0.1, 0.15) is 0 Å². The summed E-state index contributed by atoms with van der Waals surface area (Å²) in [6, 6.07) is 29.2. The third-order valence-corrected chi connectivity index (χ3v) is 7.96. The first kappa shape index (κ1) is 37.0. The average molecular weight is 685 g/mol. The number of hydrogen-bond acceptors (Lipinski definition) is 0. The van der Waals surface area contributed by atoms with Crippen molar-refractivity contribution in [3.05, 3.63) is 130 Å². The SMILES string of the molecule is Cc1ccc(-c2[c-]c3c(cc2C(C)(C)C)-c2cc(C(C)(C)C)c(-c4ccc(C)cc4)cc2C3)cc1.[C-]1=CC=CC1.[Cl-].[Cl-].[Zr+4]. The summed E-state index contributed by atoms with van der Waals surface area (Å²) in [5.41, 5.74) is 16.1. The quantitative estimate of drug-likeness (QED) is 0.232.